The third-order valence-corrected chi connectivity index (χ3v) is 4.47. The number of alkyl halides is 3. The third-order valence-electron chi connectivity index (χ3n) is 3.15. The summed E-state index contributed by atoms with van der Waals surface area (Å²) in [5.41, 5.74) is 2.41. The Hall–Kier alpha value is -1.53. The zero-order valence-electron chi connectivity index (χ0n) is 11.8. The fraction of sp³-hybridized carbons (Fsp3) is 0.267. The van der Waals surface area contributed by atoms with Crippen LogP contribution in [-0.2, 0) is 11.2 Å². The molecule has 0 aliphatic rings. The summed E-state index contributed by atoms with van der Waals surface area (Å²) in [6.07, 6.45) is -4.39. The first-order chi connectivity index (χ1) is 10.2. The van der Waals surface area contributed by atoms with Crippen molar-refractivity contribution in [1.82, 2.24) is 0 Å². The maximum atomic E-state index is 12.4. The lowest BCUT2D eigenvalue weighted by Crippen LogP contribution is -2.29. The maximum absolute atomic E-state index is 12.4. The van der Waals surface area contributed by atoms with E-state index in [1.807, 2.05) is 31.3 Å². The molecule has 0 aliphatic carbocycles. The molecule has 0 fully saturated rings. The van der Waals surface area contributed by atoms with Crippen LogP contribution in [0.15, 0.2) is 24.3 Å². The van der Waals surface area contributed by atoms with Gasteiger partial charge in [0.2, 0.25) is 0 Å². The molecule has 2 aromatic rings. The average molecular weight is 348 g/mol. The highest BCUT2D eigenvalue weighted by Crippen LogP contribution is 2.41. The summed E-state index contributed by atoms with van der Waals surface area (Å²) in [6.45, 7) is 3.65. The summed E-state index contributed by atoms with van der Waals surface area (Å²) < 4.78 is 37.3. The minimum Gasteiger partial charge on any atom is -0.310 e. The number of carbonyl (C=O) groups excluding carboxylic acids is 1. The van der Waals surface area contributed by atoms with Crippen LogP contribution in [0.25, 0.3) is 11.1 Å². The zero-order chi connectivity index (χ0) is 16.5. The number of rotatable bonds is 3. The van der Waals surface area contributed by atoms with Crippen LogP contribution in [0.2, 0.25) is 5.02 Å². The standard InChI is InChI=1S/C15H13ClF3NOS/c1-3-11-12(9-4-6-10(16)7-5-9)8(2)22-13(11)20-14(21)15(17,18)19/h4-7H,3H2,1-2H3,(H,20,21). The van der Waals surface area contributed by atoms with E-state index in [9.17, 15) is 18.0 Å². The number of halogens is 4. The minimum absolute atomic E-state index is 0.243. The molecule has 0 saturated heterocycles. The Labute approximate surface area is 134 Å². The molecule has 1 N–H and O–H groups in total. The molecule has 0 radical (unpaired) electrons. The van der Waals surface area contributed by atoms with Crippen molar-refractivity contribution in [2.45, 2.75) is 26.4 Å². The molecule has 0 atom stereocenters. The quantitative estimate of drug-likeness (QED) is 0.787. The smallest absolute Gasteiger partial charge is 0.310 e. The van der Waals surface area contributed by atoms with Gasteiger partial charge in [-0.2, -0.15) is 13.2 Å². The SMILES string of the molecule is CCc1c(NC(=O)C(F)(F)F)sc(C)c1-c1ccc(Cl)cc1. The van der Waals surface area contributed by atoms with Gasteiger partial charge in [0.25, 0.3) is 0 Å². The number of hydrogen-bond acceptors (Lipinski definition) is 2. The lowest BCUT2D eigenvalue weighted by atomic mass is 10.00. The highest BCUT2D eigenvalue weighted by molar-refractivity contribution is 7.17. The van der Waals surface area contributed by atoms with Gasteiger partial charge in [0.05, 0.1) is 5.00 Å². The molecule has 1 heterocycles. The van der Waals surface area contributed by atoms with E-state index in [2.05, 4.69) is 0 Å². The first-order valence-corrected chi connectivity index (χ1v) is 7.69. The molecule has 0 unspecified atom stereocenters. The molecule has 1 amide bonds. The molecular weight excluding hydrogens is 335 g/mol. The van der Waals surface area contributed by atoms with Gasteiger partial charge in [-0.15, -0.1) is 11.3 Å². The summed E-state index contributed by atoms with van der Waals surface area (Å²) in [5.74, 6) is -1.95. The summed E-state index contributed by atoms with van der Waals surface area (Å²) in [4.78, 5) is 12.0. The molecule has 2 rings (SSSR count). The number of anilines is 1. The second-order valence-corrected chi connectivity index (χ2v) is 6.31. The average Bonchev–Trinajstić information content (AvgIpc) is 2.74. The number of amides is 1. The molecule has 0 bridgehead atoms. The molecule has 1 aromatic carbocycles. The number of nitrogens with one attached hydrogen (secondary N) is 1. The van der Waals surface area contributed by atoms with E-state index in [0.717, 1.165) is 27.3 Å². The van der Waals surface area contributed by atoms with Gasteiger partial charge in [-0.25, -0.2) is 0 Å². The largest absolute Gasteiger partial charge is 0.471 e. The highest BCUT2D eigenvalue weighted by atomic mass is 35.5. The van der Waals surface area contributed by atoms with E-state index in [-0.39, 0.29) is 5.00 Å². The first-order valence-electron chi connectivity index (χ1n) is 6.50. The summed E-state index contributed by atoms with van der Waals surface area (Å²) in [6, 6.07) is 7.07. The predicted molar refractivity (Wildman–Crippen MR) is 83.6 cm³/mol. The second-order valence-electron chi connectivity index (χ2n) is 4.65. The Morgan fingerprint density at radius 1 is 1.27 bits per heavy atom. The van der Waals surface area contributed by atoms with E-state index in [4.69, 9.17) is 11.6 Å². The van der Waals surface area contributed by atoms with Crippen LogP contribution >= 0.6 is 22.9 Å². The van der Waals surface area contributed by atoms with Crippen molar-refractivity contribution < 1.29 is 18.0 Å². The third kappa shape index (κ3) is 3.44. The molecule has 22 heavy (non-hydrogen) atoms. The van der Waals surface area contributed by atoms with E-state index < -0.39 is 12.1 Å². The Morgan fingerprint density at radius 3 is 2.36 bits per heavy atom. The van der Waals surface area contributed by atoms with Crippen molar-refractivity contribution in [2.24, 2.45) is 0 Å². The van der Waals surface area contributed by atoms with Crippen LogP contribution < -0.4 is 5.32 Å². The van der Waals surface area contributed by atoms with Gasteiger partial charge in [0.1, 0.15) is 0 Å². The Morgan fingerprint density at radius 2 is 1.86 bits per heavy atom. The Kier molecular flexibility index (Phi) is 4.82. The van der Waals surface area contributed by atoms with Crippen molar-refractivity contribution in [3.05, 3.63) is 39.7 Å². The van der Waals surface area contributed by atoms with Crippen molar-refractivity contribution >= 4 is 33.8 Å². The number of carbonyl (C=O) groups is 1. The second kappa shape index (κ2) is 6.30. The van der Waals surface area contributed by atoms with E-state index in [1.165, 1.54) is 0 Å². The van der Waals surface area contributed by atoms with Gasteiger partial charge in [-0.05, 0) is 36.6 Å². The van der Waals surface area contributed by atoms with Crippen LogP contribution in [0.3, 0.4) is 0 Å². The van der Waals surface area contributed by atoms with Crippen molar-refractivity contribution in [3.8, 4) is 11.1 Å². The molecule has 0 aliphatic heterocycles. The molecule has 0 saturated carbocycles. The zero-order valence-corrected chi connectivity index (χ0v) is 13.4. The number of thiophene rings is 1. The summed E-state index contributed by atoms with van der Waals surface area (Å²) in [7, 11) is 0. The van der Waals surface area contributed by atoms with E-state index >= 15 is 0 Å². The van der Waals surface area contributed by atoms with Gasteiger partial charge in [0, 0.05) is 15.5 Å². The van der Waals surface area contributed by atoms with E-state index in [0.29, 0.717) is 17.0 Å². The Balaban J connectivity index is 2.45. The van der Waals surface area contributed by atoms with Gasteiger partial charge >= 0.3 is 12.1 Å². The summed E-state index contributed by atoms with van der Waals surface area (Å²) >= 11 is 7.00. The molecular formula is C15H13ClF3NOS. The van der Waals surface area contributed by atoms with Gasteiger partial charge in [-0.3, -0.25) is 4.79 Å². The fourth-order valence-corrected chi connectivity index (χ4v) is 3.49. The van der Waals surface area contributed by atoms with Crippen molar-refractivity contribution in [2.75, 3.05) is 5.32 Å². The number of benzene rings is 1. The Bertz CT molecular complexity index is 692. The fourth-order valence-electron chi connectivity index (χ4n) is 2.20. The van der Waals surface area contributed by atoms with E-state index in [1.54, 1.807) is 12.1 Å². The predicted octanol–water partition coefficient (Wildman–Crippen LogP) is 5.44. The van der Waals surface area contributed by atoms with Crippen molar-refractivity contribution in [3.63, 3.8) is 0 Å². The normalized spacial score (nSPS) is 11.5. The number of hydrogen-bond donors (Lipinski definition) is 1. The highest BCUT2D eigenvalue weighted by Gasteiger charge is 2.39. The summed E-state index contributed by atoms with van der Waals surface area (Å²) in [5, 5.41) is 2.80. The van der Waals surface area contributed by atoms with Crippen LogP contribution in [0.4, 0.5) is 18.2 Å². The maximum Gasteiger partial charge on any atom is 0.471 e. The topological polar surface area (TPSA) is 29.1 Å². The van der Waals surface area contributed by atoms with Crippen LogP contribution in [0.5, 0.6) is 0 Å². The lowest BCUT2D eigenvalue weighted by Gasteiger charge is -2.09. The van der Waals surface area contributed by atoms with Gasteiger partial charge in [-0.1, -0.05) is 30.7 Å². The van der Waals surface area contributed by atoms with Gasteiger partial charge < -0.3 is 5.32 Å². The van der Waals surface area contributed by atoms with Crippen LogP contribution in [0.1, 0.15) is 17.4 Å². The first kappa shape index (κ1) is 16.8. The van der Waals surface area contributed by atoms with Crippen LogP contribution in [-0.4, -0.2) is 12.1 Å². The monoisotopic (exact) mass is 347 g/mol. The van der Waals surface area contributed by atoms with Crippen LogP contribution in [0, 0.1) is 6.92 Å². The number of aryl methyl sites for hydroxylation is 1. The lowest BCUT2D eigenvalue weighted by molar-refractivity contribution is -0.167. The van der Waals surface area contributed by atoms with Gasteiger partial charge in [0.15, 0.2) is 0 Å². The molecule has 118 valence electrons. The van der Waals surface area contributed by atoms with Crippen molar-refractivity contribution in [1.29, 1.82) is 0 Å². The molecule has 7 heteroatoms. The molecule has 1 aromatic heterocycles. The minimum atomic E-state index is -4.90. The molecule has 2 nitrogen and oxygen atoms in total. The molecule has 0 spiro atoms.